The van der Waals surface area contributed by atoms with Crippen LogP contribution in [0.2, 0.25) is 0 Å². The van der Waals surface area contributed by atoms with Crippen molar-refractivity contribution in [2.24, 2.45) is 7.05 Å². The molecular weight excluding hydrogens is 258 g/mol. The molecule has 2 aromatic rings. The molecule has 0 unspecified atom stereocenters. The summed E-state index contributed by atoms with van der Waals surface area (Å²) in [6.07, 6.45) is 3.50. The van der Waals surface area contributed by atoms with E-state index in [1.165, 1.54) is 0 Å². The second-order valence-corrected chi connectivity index (χ2v) is 4.85. The fourth-order valence-electron chi connectivity index (χ4n) is 2.04. The van der Waals surface area contributed by atoms with Gasteiger partial charge in [0.2, 0.25) is 0 Å². The van der Waals surface area contributed by atoms with Crippen molar-refractivity contribution < 1.29 is 9.53 Å². The van der Waals surface area contributed by atoms with E-state index in [4.69, 9.17) is 4.74 Å². The van der Waals surface area contributed by atoms with Crippen LogP contribution in [0.5, 0.6) is 0 Å². The molecule has 2 aromatic heterocycles. The minimum atomic E-state index is -0.424. The summed E-state index contributed by atoms with van der Waals surface area (Å²) in [5.41, 5.74) is 2.07. The standard InChI is InChI=1S/C13H19N5O2/c1-5-20-13(19)11-12(9(2)3)18(16-15-11)7-10-6-14-8-17(10)4/h6,8-9H,5,7H2,1-4H3. The second kappa shape index (κ2) is 5.85. The number of aryl methyl sites for hydroxylation is 1. The minimum absolute atomic E-state index is 0.123. The highest BCUT2D eigenvalue weighted by atomic mass is 16.5. The number of esters is 1. The highest BCUT2D eigenvalue weighted by Crippen LogP contribution is 2.19. The molecule has 20 heavy (non-hydrogen) atoms. The number of rotatable bonds is 5. The first-order valence-corrected chi connectivity index (χ1v) is 6.60. The first kappa shape index (κ1) is 14.2. The molecule has 0 atom stereocenters. The van der Waals surface area contributed by atoms with E-state index in [0.717, 1.165) is 11.4 Å². The summed E-state index contributed by atoms with van der Waals surface area (Å²) < 4.78 is 8.66. The van der Waals surface area contributed by atoms with Crippen LogP contribution in [0.3, 0.4) is 0 Å². The van der Waals surface area contributed by atoms with Gasteiger partial charge in [-0.25, -0.2) is 14.5 Å². The van der Waals surface area contributed by atoms with E-state index >= 15 is 0 Å². The smallest absolute Gasteiger partial charge is 0.360 e. The molecule has 0 aromatic carbocycles. The molecule has 2 heterocycles. The van der Waals surface area contributed by atoms with Gasteiger partial charge in [-0.1, -0.05) is 19.1 Å². The Labute approximate surface area is 117 Å². The molecule has 0 saturated heterocycles. The Balaban J connectivity index is 2.34. The molecule has 0 saturated carbocycles. The number of nitrogens with zero attached hydrogens (tertiary/aromatic N) is 5. The predicted molar refractivity (Wildman–Crippen MR) is 72.4 cm³/mol. The molecule has 108 valence electrons. The van der Waals surface area contributed by atoms with Crippen LogP contribution in [-0.4, -0.2) is 37.1 Å². The Morgan fingerprint density at radius 2 is 2.20 bits per heavy atom. The summed E-state index contributed by atoms with van der Waals surface area (Å²) in [6.45, 7) is 6.62. The minimum Gasteiger partial charge on any atom is -0.461 e. The van der Waals surface area contributed by atoms with Gasteiger partial charge in [0.1, 0.15) is 0 Å². The highest BCUT2D eigenvalue weighted by molar-refractivity contribution is 5.88. The van der Waals surface area contributed by atoms with E-state index in [1.807, 2.05) is 25.5 Å². The summed E-state index contributed by atoms with van der Waals surface area (Å²) in [7, 11) is 1.92. The second-order valence-electron chi connectivity index (χ2n) is 4.85. The van der Waals surface area contributed by atoms with Crippen molar-refractivity contribution in [1.82, 2.24) is 24.5 Å². The lowest BCUT2D eigenvalue weighted by Crippen LogP contribution is -2.14. The number of hydrogen-bond acceptors (Lipinski definition) is 5. The van der Waals surface area contributed by atoms with Gasteiger partial charge < -0.3 is 9.30 Å². The summed E-state index contributed by atoms with van der Waals surface area (Å²) in [5.74, 6) is -0.301. The number of carbonyl (C=O) groups is 1. The number of imidazole rings is 1. The third-order valence-electron chi connectivity index (χ3n) is 3.02. The maximum atomic E-state index is 11.9. The van der Waals surface area contributed by atoms with Crippen molar-refractivity contribution in [1.29, 1.82) is 0 Å². The van der Waals surface area contributed by atoms with Gasteiger partial charge >= 0.3 is 5.97 Å². The van der Waals surface area contributed by atoms with Crippen molar-refractivity contribution in [2.45, 2.75) is 33.2 Å². The SMILES string of the molecule is CCOC(=O)c1nnn(Cc2cncn2C)c1C(C)C. The van der Waals surface area contributed by atoms with Gasteiger partial charge in [0.25, 0.3) is 0 Å². The van der Waals surface area contributed by atoms with Gasteiger partial charge in [-0.3, -0.25) is 0 Å². The van der Waals surface area contributed by atoms with Crippen molar-refractivity contribution in [3.05, 3.63) is 29.6 Å². The first-order valence-electron chi connectivity index (χ1n) is 6.60. The maximum absolute atomic E-state index is 11.9. The quantitative estimate of drug-likeness (QED) is 0.771. The van der Waals surface area contributed by atoms with Crippen LogP contribution in [0.15, 0.2) is 12.5 Å². The molecule has 0 N–H and O–H groups in total. The van der Waals surface area contributed by atoms with Gasteiger partial charge in [0, 0.05) is 7.05 Å². The maximum Gasteiger partial charge on any atom is 0.360 e. The lowest BCUT2D eigenvalue weighted by atomic mass is 10.1. The molecule has 0 amide bonds. The lowest BCUT2D eigenvalue weighted by Gasteiger charge is -2.10. The third kappa shape index (κ3) is 2.71. The van der Waals surface area contributed by atoms with E-state index in [9.17, 15) is 4.79 Å². The molecule has 0 radical (unpaired) electrons. The summed E-state index contributed by atoms with van der Waals surface area (Å²) in [4.78, 5) is 16.0. The van der Waals surface area contributed by atoms with Crippen molar-refractivity contribution in [3.8, 4) is 0 Å². The largest absolute Gasteiger partial charge is 0.461 e. The van der Waals surface area contributed by atoms with Crippen LogP contribution in [0.25, 0.3) is 0 Å². The fraction of sp³-hybridized carbons (Fsp3) is 0.538. The van der Waals surface area contributed by atoms with E-state index in [-0.39, 0.29) is 5.92 Å². The Kier molecular flexibility index (Phi) is 4.16. The molecule has 0 spiro atoms. The highest BCUT2D eigenvalue weighted by Gasteiger charge is 2.23. The molecule has 7 heteroatoms. The molecule has 2 rings (SSSR count). The van der Waals surface area contributed by atoms with Crippen LogP contribution in [0.1, 0.15) is 48.6 Å². The zero-order chi connectivity index (χ0) is 14.7. The van der Waals surface area contributed by atoms with Crippen molar-refractivity contribution in [3.63, 3.8) is 0 Å². The van der Waals surface area contributed by atoms with E-state index < -0.39 is 5.97 Å². The van der Waals surface area contributed by atoms with Crippen LogP contribution >= 0.6 is 0 Å². The average Bonchev–Trinajstić information content (AvgIpc) is 2.97. The Morgan fingerprint density at radius 3 is 2.75 bits per heavy atom. The molecule has 0 bridgehead atoms. The lowest BCUT2D eigenvalue weighted by molar-refractivity contribution is 0.0517. The van der Waals surface area contributed by atoms with Gasteiger partial charge in [-0.2, -0.15) is 0 Å². The topological polar surface area (TPSA) is 74.8 Å². The predicted octanol–water partition coefficient (Wildman–Crippen LogP) is 1.36. The van der Waals surface area contributed by atoms with E-state index in [0.29, 0.717) is 18.8 Å². The molecule has 0 aliphatic heterocycles. The summed E-state index contributed by atoms with van der Waals surface area (Å²) in [5, 5.41) is 8.06. The van der Waals surface area contributed by atoms with Gasteiger partial charge in [0.05, 0.1) is 37.1 Å². The Morgan fingerprint density at radius 1 is 1.45 bits per heavy atom. The van der Waals surface area contributed by atoms with Crippen LogP contribution in [0, 0.1) is 0 Å². The molecule has 0 fully saturated rings. The van der Waals surface area contributed by atoms with Crippen molar-refractivity contribution in [2.75, 3.05) is 6.61 Å². The molecular formula is C13H19N5O2. The normalized spacial score (nSPS) is 11.1. The number of ether oxygens (including phenoxy) is 1. The van der Waals surface area contributed by atoms with E-state index in [1.54, 1.807) is 24.1 Å². The Bertz CT molecular complexity index is 600. The summed E-state index contributed by atoms with van der Waals surface area (Å²) >= 11 is 0. The molecule has 0 aliphatic rings. The molecule has 7 nitrogen and oxygen atoms in total. The van der Waals surface area contributed by atoms with Crippen LogP contribution < -0.4 is 0 Å². The number of carbonyl (C=O) groups excluding carboxylic acids is 1. The molecule has 0 aliphatic carbocycles. The van der Waals surface area contributed by atoms with Crippen LogP contribution in [0.4, 0.5) is 0 Å². The van der Waals surface area contributed by atoms with Gasteiger partial charge in [-0.15, -0.1) is 5.10 Å². The van der Waals surface area contributed by atoms with Gasteiger partial charge in [-0.05, 0) is 12.8 Å². The number of aromatic nitrogens is 5. The fourth-order valence-corrected chi connectivity index (χ4v) is 2.04. The zero-order valence-corrected chi connectivity index (χ0v) is 12.2. The Hall–Kier alpha value is -2.18. The zero-order valence-electron chi connectivity index (χ0n) is 12.2. The van der Waals surface area contributed by atoms with E-state index in [2.05, 4.69) is 15.3 Å². The van der Waals surface area contributed by atoms with Crippen LogP contribution in [-0.2, 0) is 18.3 Å². The van der Waals surface area contributed by atoms with Crippen molar-refractivity contribution >= 4 is 5.97 Å². The monoisotopic (exact) mass is 277 g/mol. The third-order valence-corrected chi connectivity index (χ3v) is 3.02. The van der Waals surface area contributed by atoms with Gasteiger partial charge in [0.15, 0.2) is 5.69 Å². The average molecular weight is 277 g/mol. The number of hydrogen-bond donors (Lipinski definition) is 0. The first-order chi connectivity index (χ1) is 9.54. The summed E-state index contributed by atoms with van der Waals surface area (Å²) in [6, 6.07) is 0.